The molecule has 0 atom stereocenters. The Balaban J connectivity index is 1.62. The largest absolute Gasteiger partial charge is 0.497 e. The summed E-state index contributed by atoms with van der Waals surface area (Å²) in [5, 5.41) is 11.6. The van der Waals surface area contributed by atoms with E-state index in [1.807, 2.05) is 6.92 Å². The van der Waals surface area contributed by atoms with Crippen molar-refractivity contribution in [1.29, 1.82) is 0 Å². The Morgan fingerprint density at radius 2 is 1.93 bits per heavy atom. The lowest BCUT2D eigenvalue weighted by molar-refractivity contribution is -0.115. The molecule has 0 bridgehead atoms. The number of amides is 1. The molecule has 3 aromatic rings. The predicted molar refractivity (Wildman–Crippen MR) is 112 cm³/mol. The first-order chi connectivity index (χ1) is 14.5. The van der Waals surface area contributed by atoms with Gasteiger partial charge in [-0.05, 0) is 43.3 Å². The SMILES string of the molecule is CCn1c(CC(=O)Nc2cccc(OC)c2)nnc1SCC(=O)c1ccc(F)cc1. The fourth-order valence-corrected chi connectivity index (χ4v) is 3.69. The summed E-state index contributed by atoms with van der Waals surface area (Å²) < 4.78 is 20.0. The van der Waals surface area contributed by atoms with Crippen molar-refractivity contribution in [2.45, 2.75) is 25.0 Å². The monoisotopic (exact) mass is 428 g/mol. The maximum absolute atomic E-state index is 13.0. The van der Waals surface area contributed by atoms with E-state index < -0.39 is 0 Å². The summed E-state index contributed by atoms with van der Waals surface area (Å²) in [6, 6.07) is 12.5. The first-order valence-corrected chi connectivity index (χ1v) is 10.3. The third-order valence-electron chi connectivity index (χ3n) is 4.28. The lowest BCUT2D eigenvalue weighted by atomic mass is 10.1. The van der Waals surface area contributed by atoms with Crippen molar-refractivity contribution in [3.05, 3.63) is 65.7 Å². The van der Waals surface area contributed by atoms with Crippen LogP contribution in [0.3, 0.4) is 0 Å². The number of halogens is 1. The molecular weight excluding hydrogens is 407 g/mol. The van der Waals surface area contributed by atoms with E-state index in [1.54, 1.807) is 35.9 Å². The highest BCUT2D eigenvalue weighted by Gasteiger charge is 2.16. The second kappa shape index (κ2) is 10.0. The number of anilines is 1. The molecule has 0 spiro atoms. The van der Waals surface area contributed by atoms with Crippen LogP contribution in [0, 0.1) is 5.82 Å². The predicted octanol–water partition coefficient (Wildman–Crippen LogP) is 3.60. The van der Waals surface area contributed by atoms with Crippen molar-refractivity contribution in [1.82, 2.24) is 14.8 Å². The number of ether oxygens (including phenoxy) is 1. The van der Waals surface area contributed by atoms with Crippen LogP contribution in [0.1, 0.15) is 23.1 Å². The Bertz CT molecular complexity index is 1040. The van der Waals surface area contributed by atoms with Gasteiger partial charge in [-0.2, -0.15) is 0 Å². The van der Waals surface area contributed by atoms with E-state index in [0.717, 1.165) is 0 Å². The number of carbonyl (C=O) groups excluding carboxylic acids is 2. The summed E-state index contributed by atoms with van der Waals surface area (Å²) in [7, 11) is 1.56. The van der Waals surface area contributed by atoms with Gasteiger partial charge in [-0.25, -0.2) is 4.39 Å². The van der Waals surface area contributed by atoms with Gasteiger partial charge < -0.3 is 14.6 Å². The summed E-state index contributed by atoms with van der Waals surface area (Å²) in [5.41, 5.74) is 1.06. The molecule has 0 saturated heterocycles. The molecule has 9 heteroatoms. The highest BCUT2D eigenvalue weighted by molar-refractivity contribution is 7.99. The Kier molecular flexibility index (Phi) is 7.18. The van der Waals surface area contributed by atoms with Gasteiger partial charge in [0.25, 0.3) is 0 Å². The van der Waals surface area contributed by atoms with Crippen LogP contribution in [0.5, 0.6) is 5.75 Å². The van der Waals surface area contributed by atoms with Crippen LogP contribution in [0.2, 0.25) is 0 Å². The van der Waals surface area contributed by atoms with Crippen molar-refractivity contribution < 1.29 is 18.7 Å². The standard InChI is InChI=1S/C21H21FN4O3S/c1-3-26-19(12-20(28)23-16-5-4-6-17(11-16)29-2)24-25-21(26)30-13-18(27)14-7-9-15(22)10-8-14/h4-11H,3,12-13H2,1-2H3,(H,23,28). The lowest BCUT2D eigenvalue weighted by Gasteiger charge is -2.09. The summed E-state index contributed by atoms with van der Waals surface area (Å²) in [6.45, 7) is 2.47. The molecule has 0 aliphatic heterocycles. The fourth-order valence-electron chi connectivity index (χ4n) is 2.77. The van der Waals surface area contributed by atoms with E-state index in [2.05, 4.69) is 15.5 Å². The minimum atomic E-state index is -0.387. The van der Waals surface area contributed by atoms with Gasteiger partial charge in [0.1, 0.15) is 17.4 Å². The number of methoxy groups -OCH3 is 1. The second-order valence-electron chi connectivity index (χ2n) is 6.32. The molecule has 2 aromatic carbocycles. The molecule has 1 amide bonds. The van der Waals surface area contributed by atoms with E-state index in [-0.39, 0.29) is 29.7 Å². The van der Waals surface area contributed by atoms with Crippen LogP contribution in [-0.2, 0) is 17.8 Å². The van der Waals surface area contributed by atoms with Gasteiger partial charge in [-0.1, -0.05) is 17.8 Å². The quantitative estimate of drug-likeness (QED) is 0.414. The minimum Gasteiger partial charge on any atom is -0.497 e. The average molecular weight is 428 g/mol. The molecule has 0 unspecified atom stereocenters. The lowest BCUT2D eigenvalue weighted by Crippen LogP contribution is -2.17. The third kappa shape index (κ3) is 5.44. The molecule has 0 saturated carbocycles. The smallest absolute Gasteiger partial charge is 0.232 e. The van der Waals surface area contributed by atoms with Crippen LogP contribution in [0.15, 0.2) is 53.7 Å². The maximum atomic E-state index is 13.0. The highest BCUT2D eigenvalue weighted by Crippen LogP contribution is 2.20. The number of hydrogen-bond donors (Lipinski definition) is 1. The van der Waals surface area contributed by atoms with Crippen LogP contribution in [0.25, 0.3) is 0 Å². The zero-order chi connectivity index (χ0) is 21.5. The number of ketones is 1. The normalized spacial score (nSPS) is 10.6. The van der Waals surface area contributed by atoms with Gasteiger partial charge in [0.2, 0.25) is 5.91 Å². The first-order valence-electron chi connectivity index (χ1n) is 9.27. The van der Waals surface area contributed by atoms with Crippen LogP contribution < -0.4 is 10.1 Å². The number of nitrogens with one attached hydrogen (secondary N) is 1. The molecule has 1 heterocycles. The van der Waals surface area contributed by atoms with Crippen LogP contribution in [0.4, 0.5) is 10.1 Å². The summed E-state index contributed by atoms with van der Waals surface area (Å²) >= 11 is 1.23. The summed E-state index contributed by atoms with van der Waals surface area (Å²) in [5.74, 6) is 0.539. The molecule has 0 aliphatic rings. The van der Waals surface area contributed by atoms with E-state index in [1.165, 1.54) is 36.0 Å². The summed E-state index contributed by atoms with van der Waals surface area (Å²) in [4.78, 5) is 24.7. The first kappa shape index (κ1) is 21.5. The molecule has 30 heavy (non-hydrogen) atoms. The van der Waals surface area contributed by atoms with E-state index in [0.29, 0.717) is 34.5 Å². The Morgan fingerprint density at radius 3 is 2.63 bits per heavy atom. The van der Waals surface area contributed by atoms with Gasteiger partial charge in [0.05, 0.1) is 19.3 Å². The Hall–Kier alpha value is -3.20. The van der Waals surface area contributed by atoms with Crippen molar-refractivity contribution in [2.75, 3.05) is 18.2 Å². The molecular formula is C21H21FN4O3S. The van der Waals surface area contributed by atoms with Gasteiger partial charge in [0.15, 0.2) is 10.9 Å². The van der Waals surface area contributed by atoms with Gasteiger partial charge >= 0.3 is 0 Å². The van der Waals surface area contributed by atoms with Crippen LogP contribution in [-0.4, -0.2) is 39.3 Å². The van der Waals surface area contributed by atoms with Crippen molar-refractivity contribution in [3.8, 4) is 5.75 Å². The van der Waals surface area contributed by atoms with E-state index in [9.17, 15) is 14.0 Å². The van der Waals surface area contributed by atoms with Gasteiger partial charge in [-0.3, -0.25) is 9.59 Å². The molecule has 1 aromatic heterocycles. The molecule has 0 fully saturated rings. The number of hydrogen-bond acceptors (Lipinski definition) is 6. The van der Waals surface area contributed by atoms with Crippen molar-refractivity contribution in [3.63, 3.8) is 0 Å². The zero-order valence-corrected chi connectivity index (χ0v) is 17.4. The van der Waals surface area contributed by atoms with Gasteiger partial charge in [-0.15, -0.1) is 10.2 Å². The fraction of sp³-hybridized carbons (Fsp3) is 0.238. The van der Waals surface area contributed by atoms with Crippen LogP contribution >= 0.6 is 11.8 Å². The molecule has 0 radical (unpaired) electrons. The number of aromatic nitrogens is 3. The molecule has 156 valence electrons. The maximum Gasteiger partial charge on any atom is 0.232 e. The number of carbonyl (C=O) groups is 2. The molecule has 1 N–H and O–H groups in total. The number of nitrogens with zero attached hydrogens (tertiary/aromatic N) is 3. The average Bonchev–Trinajstić information content (AvgIpc) is 3.13. The topological polar surface area (TPSA) is 86.1 Å². The molecule has 3 rings (SSSR count). The van der Waals surface area contributed by atoms with E-state index >= 15 is 0 Å². The van der Waals surface area contributed by atoms with Crippen molar-refractivity contribution in [2.24, 2.45) is 0 Å². The number of Topliss-reactive ketones (excluding diaryl/α,β-unsaturated/α-hetero) is 1. The summed E-state index contributed by atoms with van der Waals surface area (Å²) in [6.07, 6.45) is 0.0461. The Morgan fingerprint density at radius 1 is 1.17 bits per heavy atom. The highest BCUT2D eigenvalue weighted by atomic mass is 32.2. The number of rotatable bonds is 9. The number of benzene rings is 2. The Labute approximate surface area is 177 Å². The second-order valence-corrected chi connectivity index (χ2v) is 7.26. The van der Waals surface area contributed by atoms with E-state index in [4.69, 9.17) is 4.74 Å². The zero-order valence-electron chi connectivity index (χ0n) is 16.6. The third-order valence-corrected chi connectivity index (χ3v) is 5.25. The van der Waals surface area contributed by atoms with Gasteiger partial charge in [0, 0.05) is 23.9 Å². The molecule has 7 nitrogen and oxygen atoms in total. The minimum absolute atomic E-state index is 0.0461. The number of thioether (sulfide) groups is 1. The van der Waals surface area contributed by atoms with Crippen molar-refractivity contribution >= 4 is 29.1 Å². The molecule has 0 aliphatic carbocycles.